The van der Waals surface area contributed by atoms with E-state index in [2.05, 4.69) is 0 Å². The number of anilines is 1. The van der Waals surface area contributed by atoms with E-state index >= 15 is 0 Å². The second kappa shape index (κ2) is 5.11. The van der Waals surface area contributed by atoms with Crippen molar-refractivity contribution in [3.05, 3.63) is 30.1 Å². The summed E-state index contributed by atoms with van der Waals surface area (Å²) in [6.45, 7) is 7.56. The Morgan fingerprint density at radius 3 is 2.43 bits per heavy atom. The van der Waals surface area contributed by atoms with Gasteiger partial charge in [0.15, 0.2) is 11.6 Å². The summed E-state index contributed by atoms with van der Waals surface area (Å²) < 4.78 is 53.5. The normalized spacial score (nSPS) is 21.8. The molecule has 0 spiro atoms. The molecule has 0 aliphatic carbocycles. The molecule has 0 atom stereocenters. The van der Waals surface area contributed by atoms with Gasteiger partial charge in [0.2, 0.25) is 0 Å². The van der Waals surface area contributed by atoms with Crippen LogP contribution in [0.2, 0.25) is 0 Å². The fourth-order valence-corrected chi connectivity index (χ4v) is 2.72. The third kappa shape index (κ3) is 2.46. The van der Waals surface area contributed by atoms with Crippen molar-refractivity contribution in [2.45, 2.75) is 38.9 Å². The Balaban J connectivity index is 2.24. The van der Waals surface area contributed by atoms with Gasteiger partial charge in [-0.15, -0.1) is 0 Å². The van der Waals surface area contributed by atoms with Crippen LogP contribution in [-0.2, 0) is 9.31 Å². The molecule has 2 aromatic rings. The molecule has 1 fully saturated rings. The highest BCUT2D eigenvalue weighted by Gasteiger charge is 2.52. The van der Waals surface area contributed by atoms with Crippen LogP contribution in [-0.4, -0.2) is 25.4 Å². The first-order valence-corrected chi connectivity index (χ1v) is 7.37. The molecule has 0 aromatic heterocycles. The van der Waals surface area contributed by atoms with Crippen molar-refractivity contribution in [1.82, 2.24) is 0 Å². The first-order valence-electron chi connectivity index (χ1n) is 8.87. The second-order valence-corrected chi connectivity index (χ2v) is 6.78. The number of hydrogen-bond donors (Lipinski definition) is 1. The van der Waals surface area contributed by atoms with Gasteiger partial charge in [0.05, 0.1) is 22.4 Å². The molecule has 1 aliphatic heterocycles. The van der Waals surface area contributed by atoms with Gasteiger partial charge in [-0.1, -0.05) is 6.07 Å². The quantitative estimate of drug-likeness (QED) is 0.683. The average molecular weight is 320 g/mol. The maximum Gasteiger partial charge on any atom is 0.495 e. The van der Waals surface area contributed by atoms with E-state index < -0.39 is 31.2 Å². The van der Waals surface area contributed by atoms with Crippen LogP contribution in [0.15, 0.2) is 24.3 Å². The van der Waals surface area contributed by atoms with Crippen molar-refractivity contribution >= 4 is 29.0 Å². The van der Waals surface area contributed by atoms with Crippen LogP contribution < -0.4 is 15.9 Å². The SMILES string of the molecule is [2H]C([2H])([2H])Oc1c(F)ccc2cc(N)cc(B3OC(C)(C)C(C)(C)O3)c12. The summed E-state index contributed by atoms with van der Waals surface area (Å²) in [5, 5.41) is 0.809. The summed E-state index contributed by atoms with van der Waals surface area (Å²) in [5.41, 5.74) is 5.60. The van der Waals surface area contributed by atoms with E-state index in [0.29, 0.717) is 16.5 Å². The molecule has 0 amide bonds. The van der Waals surface area contributed by atoms with Gasteiger partial charge in [0.1, 0.15) is 0 Å². The first kappa shape index (κ1) is 12.6. The third-order valence-corrected chi connectivity index (χ3v) is 4.68. The van der Waals surface area contributed by atoms with E-state index in [0.717, 1.165) is 6.07 Å². The van der Waals surface area contributed by atoms with Crippen molar-refractivity contribution in [3.8, 4) is 5.75 Å². The van der Waals surface area contributed by atoms with Crippen LogP contribution in [0.25, 0.3) is 10.8 Å². The highest BCUT2D eigenvalue weighted by molar-refractivity contribution is 6.65. The van der Waals surface area contributed by atoms with E-state index in [1.54, 1.807) is 12.1 Å². The fraction of sp³-hybridized carbons (Fsp3) is 0.412. The van der Waals surface area contributed by atoms with Crippen LogP contribution in [0.3, 0.4) is 0 Å². The van der Waals surface area contributed by atoms with Gasteiger partial charge in [-0.3, -0.25) is 0 Å². The number of rotatable bonds is 2. The van der Waals surface area contributed by atoms with E-state index in [-0.39, 0.29) is 11.1 Å². The van der Waals surface area contributed by atoms with Crippen molar-refractivity contribution in [2.75, 3.05) is 12.8 Å². The molecule has 1 heterocycles. The number of nitrogen functional groups attached to an aromatic ring is 1. The minimum atomic E-state index is -2.80. The molecule has 0 bridgehead atoms. The highest BCUT2D eigenvalue weighted by atomic mass is 19.1. The number of nitrogens with two attached hydrogens (primary N) is 1. The lowest BCUT2D eigenvalue weighted by molar-refractivity contribution is 0.00578. The Morgan fingerprint density at radius 2 is 1.83 bits per heavy atom. The molecule has 122 valence electrons. The standard InChI is InChI=1S/C17H21BFNO3/c1-16(2)17(3,4)23-18(22-16)12-9-11(20)8-10-6-7-13(19)15(21-5)14(10)12/h6-9H,20H2,1-5H3/i5D3. The summed E-state index contributed by atoms with van der Waals surface area (Å²) in [6.07, 6.45) is 0. The van der Waals surface area contributed by atoms with E-state index in [9.17, 15) is 4.39 Å². The van der Waals surface area contributed by atoms with Crippen LogP contribution in [0.5, 0.6) is 5.75 Å². The molecule has 2 aromatic carbocycles. The van der Waals surface area contributed by atoms with Crippen molar-refractivity contribution in [3.63, 3.8) is 0 Å². The Labute approximate surface area is 140 Å². The molecule has 23 heavy (non-hydrogen) atoms. The summed E-state index contributed by atoms with van der Waals surface area (Å²) in [6, 6.07) is 5.88. The van der Waals surface area contributed by atoms with Gasteiger partial charge in [-0.25, -0.2) is 4.39 Å². The second-order valence-electron chi connectivity index (χ2n) is 6.78. The van der Waals surface area contributed by atoms with Crippen LogP contribution in [0.4, 0.5) is 10.1 Å². The Hall–Kier alpha value is -1.79. The molecule has 1 aliphatic rings. The minimum absolute atomic E-state index is 0.272. The topological polar surface area (TPSA) is 53.7 Å². The molecule has 1 saturated heterocycles. The maximum absolute atomic E-state index is 14.4. The minimum Gasteiger partial charge on any atom is -0.493 e. The molecule has 3 rings (SSSR count). The fourth-order valence-electron chi connectivity index (χ4n) is 2.72. The zero-order valence-corrected chi connectivity index (χ0v) is 13.6. The summed E-state index contributed by atoms with van der Waals surface area (Å²) in [4.78, 5) is 0. The van der Waals surface area contributed by atoms with Crippen molar-refractivity contribution in [2.24, 2.45) is 0 Å². The van der Waals surface area contributed by atoms with Crippen molar-refractivity contribution < 1.29 is 22.5 Å². The van der Waals surface area contributed by atoms with Gasteiger partial charge in [0.25, 0.3) is 0 Å². The number of hydrogen-bond acceptors (Lipinski definition) is 4. The maximum atomic E-state index is 14.4. The van der Waals surface area contributed by atoms with Gasteiger partial charge in [-0.05, 0) is 56.7 Å². The number of benzene rings is 2. The van der Waals surface area contributed by atoms with E-state index in [1.807, 2.05) is 27.7 Å². The summed E-state index contributed by atoms with van der Waals surface area (Å²) in [7, 11) is -3.64. The first-order chi connectivity index (χ1) is 11.8. The smallest absolute Gasteiger partial charge is 0.493 e. The van der Waals surface area contributed by atoms with Gasteiger partial charge >= 0.3 is 7.12 Å². The Kier molecular flexibility index (Phi) is 2.80. The lowest BCUT2D eigenvalue weighted by atomic mass is 9.75. The summed E-state index contributed by atoms with van der Waals surface area (Å²) >= 11 is 0. The van der Waals surface area contributed by atoms with Gasteiger partial charge < -0.3 is 19.8 Å². The molecule has 0 radical (unpaired) electrons. The molecular formula is C17H21BFNO3. The number of ether oxygens (including phenoxy) is 1. The van der Waals surface area contributed by atoms with Gasteiger partial charge in [0, 0.05) is 11.1 Å². The van der Waals surface area contributed by atoms with Crippen LogP contribution >= 0.6 is 0 Å². The van der Waals surface area contributed by atoms with E-state index in [4.69, 9.17) is 23.9 Å². The van der Waals surface area contributed by atoms with Crippen LogP contribution in [0, 0.1) is 5.82 Å². The monoisotopic (exact) mass is 320 g/mol. The van der Waals surface area contributed by atoms with Crippen LogP contribution in [0.1, 0.15) is 31.8 Å². The Morgan fingerprint density at radius 1 is 1.17 bits per heavy atom. The number of methoxy groups -OCH3 is 1. The molecular weight excluding hydrogens is 296 g/mol. The largest absolute Gasteiger partial charge is 0.495 e. The Bertz CT molecular complexity index is 854. The lowest BCUT2D eigenvalue weighted by Crippen LogP contribution is -2.41. The predicted molar refractivity (Wildman–Crippen MR) is 90.6 cm³/mol. The number of fused-ring (bicyclic) bond motifs is 1. The van der Waals surface area contributed by atoms with Gasteiger partial charge in [-0.2, -0.15) is 0 Å². The van der Waals surface area contributed by atoms with E-state index in [1.165, 1.54) is 6.07 Å². The summed E-state index contributed by atoms with van der Waals surface area (Å²) in [5.74, 6) is -1.15. The molecule has 0 unspecified atom stereocenters. The molecule has 6 heteroatoms. The molecule has 2 N–H and O–H groups in total. The highest BCUT2D eigenvalue weighted by Crippen LogP contribution is 2.38. The number of halogens is 1. The average Bonchev–Trinajstić information content (AvgIpc) is 2.68. The zero-order chi connectivity index (χ0) is 19.5. The molecule has 4 nitrogen and oxygen atoms in total. The van der Waals surface area contributed by atoms with Crippen molar-refractivity contribution in [1.29, 1.82) is 0 Å². The lowest BCUT2D eigenvalue weighted by Gasteiger charge is -2.32. The third-order valence-electron chi connectivity index (χ3n) is 4.68. The molecule has 0 saturated carbocycles. The predicted octanol–water partition coefficient (Wildman–Crippen LogP) is 2.87. The zero-order valence-electron chi connectivity index (χ0n) is 16.6.